The van der Waals surface area contributed by atoms with Crippen LogP contribution in [0.2, 0.25) is 0 Å². The summed E-state index contributed by atoms with van der Waals surface area (Å²) in [5.74, 6) is -0.388. The molecule has 1 aliphatic heterocycles. The molecule has 1 heterocycles. The van der Waals surface area contributed by atoms with Crippen molar-refractivity contribution in [2.75, 3.05) is 31.1 Å². The molecule has 8 heteroatoms. The molecule has 1 aliphatic rings. The van der Waals surface area contributed by atoms with E-state index in [1.807, 2.05) is 12.1 Å². The van der Waals surface area contributed by atoms with Gasteiger partial charge in [-0.25, -0.2) is 0 Å². The highest BCUT2D eigenvalue weighted by molar-refractivity contribution is 5.94. The Morgan fingerprint density at radius 3 is 2.04 bits per heavy atom. The largest absolute Gasteiger partial charge is 0.573 e. The zero-order valence-corrected chi connectivity index (χ0v) is 13.7. The minimum Gasteiger partial charge on any atom is -0.508 e. The highest BCUT2D eigenvalue weighted by Gasteiger charge is 2.31. The van der Waals surface area contributed by atoms with E-state index in [0.717, 1.165) is 17.8 Å². The van der Waals surface area contributed by atoms with Crippen LogP contribution in [0.3, 0.4) is 0 Å². The maximum absolute atomic E-state index is 12.5. The Kier molecular flexibility index (Phi) is 4.92. The SMILES string of the molecule is O=C(c1ccc(OC(F)(F)F)cc1)N1CCN(c2ccc(O)cc2)CC1. The molecule has 26 heavy (non-hydrogen) atoms. The summed E-state index contributed by atoms with van der Waals surface area (Å²) in [5.41, 5.74) is 1.28. The van der Waals surface area contributed by atoms with Gasteiger partial charge >= 0.3 is 6.36 Å². The number of nitrogens with zero attached hydrogens (tertiary/aromatic N) is 2. The van der Waals surface area contributed by atoms with E-state index in [1.165, 1.54) is 12.1 Å². The topological polar surface area (TPSA) is 53.0 Å². The average molecular weight is 366 g/mol. The fraction of sp³-hybridized carbons (Fsp3) is 0.278. The summed E-state index contributed by atoms with van der Waals surface area (Å²) in [6.45, 7) is 2.26. The lowest BCUT2D eigenvalue weighted by atomic mass is 10.1. The van der Waals surface area contributed by atoms with Crippen LogP contribution in [-0.4, -0.2) is 48.5 Å². The molecule has 5 nitrogen and oxygen atoms in total. The number of phenolic OH excluding ortho intramolecular Hbond substituents is 1. The molecule has 0 aromatic heterocycles. The van der Waals surface area contributed by atoms with E-state index >= 15 is 0 Å². The van der Waals surface area contributed by atoms with Gasteiger partial charge in [-0.3, -0.25) is 4.79 Å². The summed E-state index contributed by atoms with van der Waals surface area (Å²) in [5, 5.41) is 9.34. The quantitative estimate of drug-likeness (QED) is 0.906. The van der Waals surface area contributed by atoms with Crippen molar-refractivity contribution in [2.45, 2.75) is 6.36 Å². The number of anilines is 1. The van der Waals surface area contributed by atoms with Crippen molar-refractivity contribution in [2.24, 2.45) is 0 Å². The van der Waals surface area contributed by atoms with E-state index in [2.05, 4.69) is 9.64 Å². The molecule has 1 amide bonds. The van der Waals surface area contributed by atoms with Gasteiger partial charge in [0, 0.05) is 37.4 Å². The Morgan fingerprint density at radius 2 is 1.50 bits per heavy atom. The maximum Gasteiger partial charge on any atom is 0.573 e. The molecule has 0 spiro atoms. The molecular formula is C18H17F3N2O3. The number of piperazine rings is 1. The molecule has 1 N–H and O–H groups in total. The van der Waals surface area contributed by atoms with Gasteiger partial charge < -0.3 is 19.6 Å². The predicted molar refractivity (Wildman–Crippen MR) is 89.3 cm³/mol. The van der Waals surface area contributed by atoms with Gasteiger partial charge in [0.25, 0.3) is 5.91 Å². The summed E-state index contributed by atoms with van der Waals surface area (Å²) in [7, 11) is 0. The minimum absolute atomic E-state index is 0.195. The Labute approximate surface area is 148 Å². The van der Waals surface area contributed by atoms with Crippen LogP contribution in [0.1, 0.15) is 10.4 Å². The number of carbonyl (C=O) groups is 1. The van der Waals surface area contributed by atoms with E-state index in [0.29, 0.717) is 31.7 Å². The Morgan fingerprint density at radius 1 is 0.923 bits per heavy atom. The monoisotopic (exact) mass is 366 g/mol. The van der Waals surface area contributed by atoms with Crippen LogP contribution in [0.5, 0.6) is 11.5 Å². The van der Waals surface area contributed by atoms with Gasteiger partial charge in [-0.2, -0.15) is 0 Å². The van der Waals surface area contributed by atoms with Crippen LogP contribution in [0, 0.1) is 0 Å². The van der Waals surface area contributed by atoms with Crippen molar-refractivity contribution >= 4 is 11.6 Å². The van der Waals surface area contributed by atoms with Crippen molar-refractivity contribution in [3.05, 3.63) is 54.1 Å². The molecule has 0 saturated carbocycles. The molecule has 3 rings (SSSR count). The van der Waals surface area contributed by atoms with Crippen LogP contribution in [0.4, 0.5) is 18.9 Å². The molecule has 2 aromatic carbocycles. The normalized spacial score (nSPS) is 15.0. The molecule has 1 saturated heterocycles. The first-order valence-corrected chi connectivity index (χ1v) is 8.01. The molecule has 138 valence electrons. The third kappa shape index (κ3) is 4.38. The van der Waals surface area contributed by atoms with E-state index in [9.17, 15) is 23.1 Å². The van der Waals surface area contributed by atoms with Gasteiger partial charge in [0.1, 0.15) is 11.5 Å². The minimum atomic E-state index is -4.75. The van der Waals surface area contributed by atoms with Gasteiger partial charge in [-0.05, 0) is 48.5 Å². The standard InChI is InChI=1S/C18H17F3N2O3/c19-18(20,21)26-16-7-1-13(2-8-16)17(25)23-11-9-22(10-12-23)14-3-5-15(24)6-4-14/h1-8,24H,9-12H2. The number of carbonyl (C=O) groups excluding carboxylic acids is 1. The van der Waals surface area contributed by atoms with E-state index in [1.54, 1.807) is 17.0 Å². The number of halogens is 3. The zero-order valence-electron chi connectivity index (χ0n) is 13.7. The average Bonchev–Trinajstić information content (AvgIpc) is 2.61. The smallest absolute Gasteiger partial charge is 0.508 e. The Balaban J connectivity index is 1.59. The second-order valence-corrected chi connectivity index (χ2v) is 5.87. The first-order chi connectivity index (χ1) is 12.3. The molecule has 1 fully saturated rings. The zero-order chi connectivity index (χ0) is 18.7. The Hall–Kier alpha value is -2.90. The highest BCUT2D eigenvalue weighted by Crippen LogP contribution is 2.24. The van der Waals surface area contributed by atoms with E-state index in [-0.39, 0.29) is 17.4 Å². The van der Waals surface area contributed by atoms with Gasteiger partial charge in [0.2, 0.25) is 0 Å². The molecule has 2 aromatic rings. The first-order valence-electron chi connectivity index (χ1n) is 8.01. The maximum atomic E-state index is 12.5. The highest BCUT2D eigenvalue weighted by atomic mass is 19.4. The lowest BCUT2D eigenvalue weighted by molar-refractivity contribution is -0.274. The lowest BCUT2D eigenvalue weighted by Crippen LogP contribution is -2.48. The van der Waals surface area contributed by atoms with Crippen molar-refractivity contribution < 1.29 is 27.8 Å². The fourth-order valence-corrected chi connectivity index (χ4v) is 2.81. The number of benzene rings is 2. The third-order valence-electron chi connectivity index (χ3n) is 4.12. The third-order valence-corrected chi connectivity index (χ3v) is 4.12. The summed E-state index contributed by atoms with van der Waals surface area (Å²) < 4.78 is 40.3. The lowest BCUT2D eigenvalue weighted by Gasteiger charge is -2.36. The number of alkyl halides is 3. The second kappa shape index (κ2) is 7.15. The summed E-state index contributed by atoms with van der Waals surface area (Å²) in [6.07, 6.45) is -4.75. The van der Waals surface area contributed by atoms with Crippen molar-refractivity contribution in [1.82, 2.24) is 4.90 Å². The number of aromatic hydroxyl groups is 1. The molecular weight excluding hydrogens is 349 g/mol. The summed E-state index contributed by atoms with van der Waals surface area (Å²) in [6, 6.07) is 11.8. The summed E-state index contributed by atoms with van der Waals surface area (Å²) >= 11 is 0. The van der Waals surface area contributed by atoms with Gasteiger partial charge in [0.05, 0.1) is 0 Å². The number of hydrogen-bond donors (Lipinski definition) is 1. The molecule has 0 aliphatic carbocycles. The number of hydrogen-bond acceptors (Lipinski definition) is 4. The van der Waals surface area contributed by atoms with Crippen molar-refractivity contribution in [3.63, 3.8) is 0 Å². The number of ether oxygens (including phenoxy) is 1. The van der Waals surface area contributed by atoms with E-state index in [4.69, 9.17) is 0 Å². The molecule has 0 bridgehead atoms. The van der Waals surface area contributed by atoms with Gasteiger partial charge in [-0.15, -0.1) is 13.2 Å². The second-order valence-electron chi connectivity index (χ2n) is 5.87. The number of rotatable bonds is 3. The van der Waals surface area contributed by atoms with Crippen LogP contribution in [0.25, 0.3) is 0 Å². The van der Waals surface area contributed by atoms with Crippen LogP contribution in [-0.2, 0) is 0 Å². The van der Waals surface area contributed by atoms with Gasteiger partial charge in [0.15, 0.2) is 0 Å². The van der Waals surface area contributed by atoms with Crippen LogP contribution >= 0.6 is 0 Å². The van der Waals surface area contributed by atoms with Crippen LogP contribution in [0.15, 0.2) is 48.5 Å². The van der Waals surface area contributed by atoms with Crippen molar-refractivity contribution in [1.29, 1.82) is 0 Å². The van der Waals surface area contributed by atoms with Crippen LogP contribution < -0.4 is 9.64 Å². The molecule has 0 unspecified atom stereocenters. The van der Waals surface area contributed by atoms with E-state index < -0.39 is 6.36 Å². The molecule has 0 atom stereocenters. The number of phenols is 1. The van der Waals surface area contributed by atoms with Crippen molar-refractivity contribution in [3.8, 4) is 11.5 Å². The first kappa shape index (κ1) is 17.9. The Bertz CT molecular complexity index is 753. The van der Waals surface area contributed by atoms with Gasteiger partial charge in [-0.1, -0.05) is 0 Å². The number of amides is 1. The molecule has 0 radical (unpaired) electrons. The predicted octanol–water partition coefficient (Wildman–Crippen LogP) is 3.25. The fourth-order valence-electron chi connectivity index (χ4n) is 2.81. The summed E-state index contributed by atoms with van der Waals surface area (Å²) in [4.78, 5) is 16.3.